The number of hydrogen-bond acceptors (Lipinski definition) is 6. The molecule has 3 aromatic heterocycles. The average molecular weight is 593 g/mol. The van der Waals surface area contributed by atoms with Crippen molar-refractivity contribution in [2.75, 3.05) is 26.9 Å². The average Bonchev–Trinajstić information content (AvgIpc) is 3.68. The van der Waals surface area contributed by atoms with E-state index in [0.29, 0.717) is 36.4 Å². The molecule has 1 aliphatic heterocycles. The Hall–Kier alpha value is -4.11. The number of nitrogens with zero attached hydrogens (tertiary/aromatic N) is 2. The fourth-order valence-electron chi connectivity index (χ4n) is 5.85. The number of rotatable bonds is 8. The van der Waals surface area contributed by atoms with Gasteiger partial charge >= 0.3 is 0 Å². The first-order chi connectivity index (χ1) is 21.0. The second-order valence-electron chi connectivity index (χ2n) is 11.3. The highest BCUT2D eigenvalue weighted by molar-refractivity contribution is 7.18. The van der Waals surface area contributed by atoms with E-state index in [1.807, 2.05) is 0 Å². The fraction of sp³-hybridized carbons (Fsp3) is 0.257. The summed E-state index contributed by atoms with van der Waals surface area (Å²) in [7, 11) is 1.62. The largest absolute Gasteiger partial charge is 0.490 e. The van der Waals surface area contributed by atoms with Crippen LogP contribution in [0.2, 0.25) is 0 Å². The van der Waals surface area contributed by atoms with Gasteiger partial charge in [-0.25, -0.2) is 14.4 Å². The lowest BCUT2D eigenvalue weighted by atomic mass is 9.94. The van der Waals surface area contributed by atoms with Gasteiger partial charge in [-0.1, -0.05) is 32.0 Å². The van der Waals surface area contributed by atoms with E-state index in [-0.39, 0.29) is 5.82 Å². The third-order valence-electron chi connectivity index (χ3n) is 8.13. The van der Waals surface area contributed by atoms with Gasteiger partial charge in [-0.15, -0.1) is 11.3 Å². The van der Waals surface area contributed by atoms with Crippen molar-refractivity contribution in [3.8, 4) is 39.7 Å². The standard InChI is InChI=1S/C35H33FN4O2S/c1-20(2)21-6-9-28-29(17-21)39-35(38-28)33-31(26-8-7-25(36)18-30(26)42-14-13-41-3)34-27(11-15-43-34)32(40-33)23-4-5-24-19-37-12-10-22(24)16-23/h4-9,11,15-18,20,37H,10,12-14,19H2,1-3H3,(H,38,39). The van der Waals surface area contributed by atoms with Crippen molar-refractivity contribution in [2.45, 2.75) is 32.7 Å². The monoisotopic (exact) mass is 592 g/mol. The Morgan fingerprint density at radius 2 is 1.86 bits per heavy atom. The highest BCUT2D eigenvalue weighted by Crippen LogP contribution is 2.46. The van der Waals surface area contributed by atoms with Gasteiger partial charge in [0.1, 0.15) is 23.9 Å². The molecular formula is C35H33FN4O2S. The maximum atomic E-state index is 14.6. The van der Waals surface area contributed by atoms with Crippen LogP contribution in [0.4, 0.5) is 4.39 Å². The van der Waals surface area contributed by atoms with Crippen LogP contribution in [0.5, 0.6) is 5.75 Å². The summed E-state index contributed by atoms with van der Waals surface area (Å²) in [6.07, 6.45) is 0.987. The molecule has 0 amide bonds. The lowest BCUT2D eigenvalue weighted by molar-refractivity contribution is 0.146. The molecule has 0 spiro atoms. The third kappa shape index (κ3) is 5.20. The molecule has 4 heterocycles. The third-order valence-corrected chi connectivity index (χ3v) is 9.06. The van der Waals surface area contributed by atoms with Gasteiger partial charge in [0.05, 0.1) is 23.3 Å². The molecule has 0 saturated heterocycles. The molecule has 0 fully saturated rings. The molecule has 0 unspecified atom stereocenters. The molecule has 218 valence electrons. The Kier molecular flexibility index (Phi) is 7.43. The molecule has 1 aliphatic rings. The van der Waals surface area contributed by atoms with Crippen LogP contribution in [-0.4, -0.2) is 41.8 Å². The number of thiophene rings is 1. The summed E-state index contributed by atoms with van der Waals surface area (Å²) in [5, 5.41) is 6.60. The van der Waals surface area contributed by atoms with E-state index in [2.05, 4.69) is 72.0 Å². The number of pyridine rings is 1. The van der Waals surface area contributed by atoms with E-state index in [1.54, 1.807) is 24.5 Å². The summed E-state index contributed by atoms with van der Waals surface area (Å²) in [5.41, 5.74) is 10.1. The number of methoxy groups -OCH3 is 1. The van der Waals surface area contributed by atoms with E-state index in [4.69, 9.17) is 19.4 Å². The Labute approximate surface area is 253 Å². The predicted molar refractivity (Wildman–Crippen MR) is 172 cm³/mol. The minimum absolute atomic E-state index is 0.300. The minimum atomic E-state index is -0.363. The van der Waals surface area contributed by atoms with Gasteiger partial charge in [0.15, 0.2) is 5.82 Å². The Bertz CT molecular complexity index is 1960. The van der Waals surface area contributed by atoms with E-state index in [1.165, 1.54) is 28.8 Å². The van der Waals surface area contributed by atoms with Crippen molar-refractivity contribution in [3.63, 3.8) is 0 Å². The van der Waals surface area contributed by atoms with Gasteiger partial charge in [0.25, 0.3) is 0 Å². The predicted octanol–water partition coefficient (Wildman–Crippen LogP) is 8.11. The van der Waals surface area contributed by atoms with Crippen LogP contribution in [0.15, 0.2) is 66.0 Å². The Morgan fingerprint density at radius 3 is 2.72 bits per heavy atom. The summed E-state index contributed by atoms with van der Waals surface area (Å²) in [4.78, 5) is 14.0. The molecule has 0 saturated carbocycles. The van der Waals surface area contributed by atoms with Crippen LogP contribution in [0.25, 0.3) is 55.0 Å². The molecule has 0 aliphatic carbocycles. The van der Waals surface area contributed by atoms with Crippen molar-refractivity contribution in [2.24, 2.45) is 0 Å². The SMILES string of the molecule is COCCOc1cc(F)ccc1-c1c(-c2nc3ccc(C(C)C)cc3[nH]2)nc(-c2ccc3c(c2)CCNC3)c2ccsc12. The lowest BCUT2D eigenvalue weighted by Crippen LogP contribution is -2.23. The van der Waals surface area contributed by atoms with Crippen LogP contribution >= 0.6 is 11.3 Å². The first kappa shape index (κ1) is 27.7. The lowest BCUT2D eigenvalue weighted by Gasteiger charge is -2.19. The van der Waals surface area contributed by atoms with E-state index in [0.717, 1.165) is 63.0 Å². The van der Waals surface area contributed by atoms with E-state index in [9.17, 15) is 4.39 Å². The van der Waals surface area contributed by atoms with E-state index >= 15 is 0 Å². The van der Waals surface area contributed by atoms with Crippen LogP contribution < -0.4 is 10.1 Å². The summed E-state index contributed by atoms with van der Waals surface area (Å²) in [6.45, 7) is 6.91. The second kappa shape index (κ2) is 11.5. The van der Waals surface area contributed by atoms with Crippen molar-refractivity contribution in [1.82, 2.24) is 20.3 Å². The number of H-pyrrole nitrogens is 1. The van der Waals surface area contributed by atoms with E-state index < -0.39 is 0 Å². The van der Waals surface area contributed by atoms with Crippen molar-refractivity contribution >= 4 is 32.5 Å². The molecule has 2 N–H and O–H groups in total. The molecule has 0 radical (unpaired) electrons. The summed E-state index contributed by atoms with van der Waals surface area (Å²) in [5.74, 6) is 1.14. The number of fused-ring (bicyclic) bond motifs is 3. The normalized spacial score (nSPS) is 13.2. The van der Waals surface area contributed by atoms with Crippen molar-refractivity contribution in [3.05, 3.63) is 88.6 Å². The number of halogens is 1. The van der Waals surface area contributed by atoms with Gasteiger partial charge in [0, 0.05) is 46.5 Å². The smallest absolute Gasteiger partial charge is 0.157 e. The molecule has 6 aromatic rings. The maximum absolute atomic E-state index is 14.6. The molecule has 3 aromatic carbocycles. The quantitative estimate of drug-likeness (QED) is 0.175. The van der Waals surface area contributed by atoms with Gasteiger partial charge in [-0.3, -0.25) is 0 Å². The molecule has 0 atom stereocenters. The number of nitrogens with one attached hydrogen (secondary N) is 2. The van der Waals surface area contributed by atoms with Crippen LogP contribution in [0.3, 0.4) is 0 Å². The van der Waals surface area contributed by atoms with Crippen LogP contribution in [0, 0.1) is 5.82 Å². The summed E-state index contributed by atoms with van der Waals surface area (Å²) >= 11 is 1.64. The number of imidazole rings is 1. The van der Waals surface area contributed by atoms with Crippen LogP contribution in [0.1, 0.15) is 36.5 Å². The molecule has 0 bridgehead atoms. The zero-order valence-corrected chi connectivity index (χ0v) is 25.3. The highest BCUT2D eigenvalue weighted by Gasteiger charge is 2.24. The fourth-order valence-corrected chi connectivity index (χ4v) is 6.80. The molecule has 7 rings (SSSR count). The molecule has 6 nitrogen and oxygen atoms in total. The summed E-state index contributed by atoms with van der Waals surface area (Å²) < 4.78 is 26.9. The zero-order valence-electron chi connectivity index (χ0n) is 24.5. The van der Waals surface area contributed by atoms with Gasteiger partial charge < -0.3 is 19.8 Å². The Balaban J connectivity index is 1.49. The number of benzene rings is 3. The highest BCUT2D eigenvalue weighted by atomic mass is 32.1. The Morgan fingerprint density at radius 1 is 0.953 bits per heavy atom. The van der Waals surface area contributed by atoms with Gasteiger partial charge in [-0.2, -0.15) is 0 Å². The van der Waals surface area contributed by atoms with Crippen molar-refractivity contribution in [1.29, 1.82) is 0 Å². The van der Waals surface area contributed by atoms with Crippen molar-refractivity contribution < 1.29 is 13.9 Å². The first-order valence-corrected chi connectivity index (χ1v) is 15.5. The number of ether oxygens (including phenoxy) is 2. The zero-order chi connectivity index (χ0) is 29.5. The van der Waals surface area contributed by atoms with Gasteiger partial charge in [0.2, 0.25) is 0 Å². The topological polar surface area (TPSA) is 72.1 Å². The minimum Gasteiger partial charge on any atom is -0.490 e. The van der Waals surface area contributed by atoms with Gasteiger partial charge in [-0.05, 0) is 77.4 Å². The maximum Gasteiger partial charge on any atom is 0.157 e. The summed E-state index contributed by atoms with van der Waals surface area (Å²) in [6, 6.07) is 19.8. The first-order valence-electron chi connectivity index (χ1n) is 14.7. The number of aromatic amines is 1. The number of aromatic nitrogens is 3. The molecule has 43 heavy (non-hydrogen) atoms. The molecular weight excluding hydrogens is 559 g/mol. The van der Waals surface area contributed by atoms with Crippen LogP contribution in [-0.2, 0) is 17.7 Å². The number of hydrogen-bond donors (Lipinski definition) is 2. The molecule has 8 heteroatoms. The second-order valence-corrected chi connectivity index (χ2v) is 12.2.